The summed E-state index contributed by atoms with van der Waals surface area (Å²) < 4.78 is 15.5. The second-order valence-corrected chi connectivity index (χ2v) is 5.27. The summed E-state index contributed by atoms with van der Waals surface area (Å²) >= 11 is 0. The van der Waals surface area contributed by atoms with E-state index in [1.165, 1.54) is 6.07 Å². The van der Waals surface area contributed by atoms with Crippen LogP contribution in [0.1, 0.15) is 25.1 Å². The highest BCUT2D eigenvalue weighted by Crippen LogP contribution is 2.13. The average molecular weight is 247 g/mol. The summed E-state index contributed by atoms with van der Waals surface area (Å²) in [5.41, 5.74) is 7.38. The van der Waals surface area contributed by atoms with E-state index in [1.807, 2.05) is 24.5 Å². The Kier molecular flexibility index (Phi) is 3.48. The second kappa shape index (κ2) is 4.90. The van der Waals surface area contributed by atoms with E-state index < -0.39 is 0 Å². The number of hydrogen-bond acceptors (Lipinski definition) is 2. The number of imidazole rings is 1. The molecule has 0 aliphatic carbocycles. The van der Waals surface area contributed by atoms with Gasteiger partial charge in [-0.2, -0.15) is 0 Å². The van der Waals surface area contributed by atoms with Gasteiger partial charge in [0.15, 0.2) is 0 Å². The fourth-order valence-electron chi connectivity index (χ4n) is 1.91. The van der Waals surface area contributed by atoms with Gasteiger partial charge >= 0.3 is 0 Å². The first kappa shape index (κ1) is 12.8. The molecule has 96 valence electrons. The SMILES string of the molecule is CC(C)(N)Cc1cncn1Cc1ccccc1F. The Bertz CT molecular complexity index is 526. The molecule has 0 aliphatic heterocycles. The minimum Gasteiger partial charge on any atom is -0.330 e. The smallest absolute Gasteiger partial charge is 0.128 e. The molecule has 0 saturated carbocycles. The van der Waals surface area contributed by atoms with Crippen molar-refractivity contribution in [2.24, 2.45) is 5.73 Å². The lowest BCUT2D eigenvalue weighted by molar-refractivity contribution is 0.496. The van der Waals surface area contributed by atoms with Crippen molar-refractivity contribution in [1.82, 2.24) is 9.55 Å². The van der Waals surface area contributed by atoms with Crippen molar-refractivity contribution >= 4 is 0 Å². The molecule has 2 aromatic rings. The fraction of sp³-hybridized carbons (Fsp3) is 0.357. The number of benzene rings is 1. The third-order valence-electron chi connectivity index (χ3n) is 2.73. The molecular formula is C14H18FN3. The Balaban J connectivity index is 2.21. The highest BCUT2D eigenvalue weighted by Gasteiger charge is 2.15. The van der Waals surface area contributed by atoms with Gasteiger partial charge in [0.05, 0.1) is 12.9 Å². The van der Waals surface area contributed by atoms with Crippen LogP contribution in [0.5, 0.6) is 0 Å². The number of aromatic nitrogens is 2. The van der Waals surface area contributed by atoms with E-state index in [9.17, 15) is 4.39 Å². The number of halogens is 1. The highest BCUT2D eigenvalue weighted by molar-refractivity contribution is 5.18. The summed E-state index contributed by atoms with van der Waals surface area (Å²) in [6.07, 6.45) is 4.21. The van der Waals surface area contributed by atoms with Crippen LogP contribution in [0.4, 0.5) is 4.39 Å². The molecule has 0 saturated heterocycles. The van der Waals surface area contributed by atoms with Crippen LogP contribution in [0.25, 0.3) is 0 Å². The fourth-order valence-corrected chi connectivity index (χ4v) is 1.91. The second-order valence-electron chi connectivity index (χ2n) is 5.27. The lowest BCUT2D eigenvalue weighted by Gasteiger charge is -2.19. The molecule has 2 N–H and O–H groups in total. The van der Waals surface area contributed by atoms with E-state index >= 15 is 0 Å². The first-order valence-corrected chi connectivity index (χ1v) is 5.97. The molecule has 18 heavy (non-hydrogen) atoms. The predicted octanol–water partition coefficient (Wildman–Crippen LogP) is 2.35. The molecule has 1 heterocycles. The summed E-state index contributed by atoms with van der Waals surface area (Å²) in [6.45, 7) is 4.42. The maximum atomic E-state index is 13.6. The molecule has 2 rings (SSSR count). The topological polar surface area (TPSA) is 43.8 Å². The predicted molar refractivity (Wildman–Crippen MR) is 69.7 cm³/mol. The number of nitrogens with two attached hydrogens (primary N) is 1. The van der Waals surface area contributed by atoms with Crippen LogP contribution in [0.2, 0.25) is 0 Å². The third kappa shape index (κ3) is 3.17. The molecule has 4 heteroatoms. The molecule has 3 nitrogen and oxygen atoms in total. The van der Waals surface area contributed by atoms with Crippen LogP contribution >= 0.6 is 0 Å². The van der Waals surface area contributed by atoms with Crippen LogP contribution < -0.4 is 5.73 Å². The number of nitrogens with zero attached hydrogens (tertiary/aromatic N) is 2. The van der Waals surface area contributed by atoms with E-state index in [0.29, 0.717) is 18.5 Å². The molecule has 0 spiro atoms. The summed E-state index contributed by atoms with van der Waals surface area (Å²) in [6, 6.07) is 6.78. The zero-order chi connectivity index (χ0) is 13.2. The van der Waals surface area contributed by atoms with Crippen molar-refractivity contribution in [2.75, 3.05) is 0 Å². The van der Waals surface area contributed by atoms with Crippen molar-refractivity contribution in [1.29, 1.82) is 0 Å². The largest absolute Gasteiger partial charge is 0.330 e. The van der Waals surface area contributed by atoms with E-state index in [-0.39, 0.29) is 11.4 Å². The Morgan fingerprint density at radius 1 is 1.33 bits per heavy atom. The van der Waals surface area contributed by atoms with E-state index in [4.69, 9.17) is 5.73 Å². The number of rotatable bonds is 4. The van der Waals surface area contributed by atoms with Crippen molar-refractivity contribution in [3.05, 3.63) is 53.9 Å². The van der Waals surface area contributed by atoms with Gasteiger partial charge in [-0.1, -0.05) is 18.2 Å². The van der Waals surface area contributed by atoms with Gasteiger partial charge in [-0.25, -0.2) is 9.37 Å². The van der Waals surface area contributed by atoms with Gasteiger partial charge in [-0.05, 0) is 19.9 Å². The van der Waals surface area contributed by atoms with Crippen LogP contribution in [-0.4, -0.2) is 15.1 Å². The van der Waals surface area contributed by atoms with Gasteiger partial charge in [0.2, 0.25) is 0 Å². The van der Waals surface area contributed by atoms with Gasteiger partial charge in [0.1, 0.15) is 5.82 Å². The summed E-state index contributed by atoms with van der Waals surface area (Å²) in [4.78, 5) is 4.12. The van der Waals surface area contributed by atoms with E-state index in [1.54, 1.807) is 24.7 Å². The molecule has 0 unspecified atom stereocenters. The van der Waals surface area contributed by atoms with Crippen LogP contribution in [0.3, 0.4) is 0 Å². The van der Waals surface area contributed by atoms with Gasteiger partial charge in [0.25, 0.3) is 0 Å². The lowest BCUT2D eigenvalue weighted by Crippen LogP contribution is -2.35. The van der Waals surface area contributed by atoms with Crippen molar-refractivity contribution in [3.8, 4) is 0 Å². The molecule has 1 aromatic heterocycles. The Morgan fingerprint density at radius 3 is 2.72 bits per heavy atom. The number of hydrogen-bond donors (Lipinski definition) is 1. The average Bonchev–Trinajstić information content (AvgIpc) is 2.67. The minimum absolute atomic E-state index is 0.191. The first-order valence-electron chi connectivity index (χ1n) is 5.97. The molecular weight excluding hydrogens is 229 g/mol. The molecule has 1 aromatic carbocycles. The summed E-state index contributed by atoms with van der Waals surface area (Å²) in [7, 11) is 0. The van der Waals surface area contributed by atoms with E-state index in [0.717, 1.165) is 5.69 Å². The summed E-state index contributed by atoms with van der Waals surface area (Å²) in [5, 5.41) is 0. The molecule has 0 bridgehead atoms. The maximum Gasteiger partial charge on any atom is 0.128 e. The van der Waals surface area contributed by atoms with Crippen LogP contribution in [-0.2, 0) is 13.0 Å². The van der Waals surface area contributed by atoms with Gasteiger partial charge in [0, 0.05) is 29.4 Å². The van der Waals surface area contributed by atoms with Crippen molar-refractivity contribution < 1.29 is 4.39 Å². The zero-order valence-corrected chi connectivity index (χ0v) is 10.7. The Labute approximate surface area is 106 Å². The van der Waals surface area contributed by atoms with Crippen molar-refractivity contribution in [3.63, 3.8) is 0 Å². The lowest BCUT2D eigenvalue weighted by atomic mass is 10.0. The minimum atomic E-state index is -0.299. The Morgan fingerprint density at radius 2 is 2.06 bits per heavy atom. The maximum absolute atomic E-state index is 13.6. The standard InChI is InChI=1S/C14H18FN3/c1-14(2,16)7-12-8-17-10-18(12)9-11-5-3-4-6-13(11)15/h3-6,8,10H,7,9,16H2,1-2H3. The van der Waals surface area contributed by atoms with Crippen LogP contribution in [0.15, 0.2) is 36.8 Å². The molecule has 0 radical (unpaired) electrons. The monoisotopic (exact) mass is 247 g/mol. The third-order valence-corrected chi connectivity index (χ3v) is 2.73. The molecule has 0 atom stereocenters. The Hall–Kier alpha value is -1.68. The molecule has 0 amide bonds. The van der Waals surface area contributed by atoms with Gasteiger partial charge < -0.3 is 10.3 Å². The van der Waals surface area contributed by atoms with Crippen molar-refractivity contribution in [2.45, 2.75) is 32.4 Å². The first-order chi connectivity index (χ1) is 8.46. The summed E-state index contributed by atoms with van der Waals surface area (Å²) in [5.74, 6) is -0.191. The molecule has 0 fully saturated rings. The normalized spacial score (nSPS) is 11.8. The zero-order valence-electron chi connectivity index (χ0n) is 10.7. The van der Waals surface area contributed by atoms with Gasteiger partial charge in [-0.15, -0.1) is 0 Å². The van der Waals surface area contributed by atoms with E-state index in [2.05, 4.69) is 4.98 Å². The highest BCUT2D eigenvalue weighted by atomic mass is 19.1. The quantitative estimate of drug-likeness (QED) is 0.901. The van der Waals surface area contributed by atoms with Gasteiger partial charge in [-0.3, -0.25) is 0 Å². The van der Waals surface area contributed by atoms with Crippen LogP contribution in [0, 0.1) is 5.82 Å². The molecule has 0 aliphatic rings.